The number of carbonyl (C=O) groups is 1. The van der Waals surface area contributed by atoms with E-state index in [9.17, 15) is 4.79 Å². The van der Waals surface area contributed by atoms with Crippen molar-refractivity contribution >= 4 is 11.7 Å². The van der Waals surface area contributed by atoms with E-state index in [-0.39, 0.29) is 5.69 Å². The third kappa shape index (κ3) is 3.12. The summed E-state index contributed by atoms with van der Waals surface area (Å²) in [6.45, 7) is 2.66. The maximum absolute atomic E-state index is 11.6. The van der Waals surface area contributed by atoms with Gasteiger partial charge in [-0.3, -0.25) is 0 Å². The number of anilines is 1. The number of carbonyl (C=O) groups excluding carboxylic acids is 1. The summed E-state index contributed by atoms with van der Waals surface area (Å²) >= 11 is 0. The number of ether oxygens (including phenoxy) is 2. The predicted octanol–water partition coefficient (Wildman–Crippen LogP) is 2.02. The van der Waals surface area contributed by atoms with Crippen LogP contribution < -0.4 is 10.5 Å². The smallest absolute Gasteiger partial charge is 0.340 e. The maximum atomic E-state index is 11.6. The molecule has 0 saturated heterocycles. The molecule has 98 valence electrons. The average molecular weight is 250 g/mol. The van der Waals surface area contributed by atoms with Gasteiger partial charge in [-0.15, -0.1) is 0 Å². The van der Waals surface area contributed by atoms with E-state index in [1.807, 2.05) is 0 Å². The number of esters is 1. The highest BCUT2D eigenvalue weighted by Gasteiger charge is 2.21. The number of nitrogens with zero attached hydrogens (tertiary/aromatic N) is 1. The van der Waals surface area contributed by atoms with Crippen LogP contribution >= 0.6 is 0 Å². The van der Waals surface area contributed by atoms with E-state index in [4.69, 9.17) is 15.2 Å². The standard InChI is InChI=1S/C13H18N2O3/c1-2-17-13(16)10-5-7-15-12(11(10)14)18-8-6-9-3-4-9/h5,7,9H,2-4,6,8,14H2,1H3. The molecule has 0 atom stereocenters. The lowest BCUT2D eigenvalue weighted by atomic mass is 10.2. The minimum absolute atomic E-state index is 0.256. The molecule has 1 aromatic heterocycles. The highest BCUT2D eigenvalue weighted by atomic mass is 16.5. The van der Waals surface area contributed by atoms with Crippen molar-refractivity contribution in [2.75, 3.05) is 18.9 Å². The van der Waals surface area contributed by atoms with Crippen molar-refractivity contribution in [1.82, 2.24) is 4.98 Å². The summed E-state index contributed by atoms with van der Waals surface area (Å²) < 4.78 is 10.4. The highest BCUT2D eigenvalue weighted by molar-refractivity contribution is 5.96. The van der Waals surface area contributed by atoms with Gasteiger partial charge >= 0.3 is 5.97 Å². The Labute approximate surface area is 106 Å². The van der Waals surface area contributed by atoms with Gasteiger partial charge in [-0.25, -0.2) is 9.78 Å². The Morgan fingerprint density at radius 2 is 2.33 bits per heavy atom. The van der Waals surface area contributed by atoms with Gasteiger partial charge in [0.05, 0.1) is 18.8 Å². The first-order valence-corrected chi connectivity index (χ1v) is 6.26. The summed E-state index contributed by atoms with van der Waals surface area (Å²) in [4.78, 5) is 15.7. The second kappa shape index (κ2) is 5.71. The largest absolute Gasteiger partial charge is 0.476 e. The van der Waals surface area contributed by atoms with Crippen LogP contribution in [0.1, 0.15) is 36.5 Å². The lowest BCUT2D eigenvalue weighted by molar-refractivity contribution is 0.0527. The molecule has 0 spiro atoms. The SMILES string of the molecule is CCOC(=O)c1ccnc(OCCC2CC2)c1N. The third-order valence-corrected chi connectivity index (χ3v) is 2.91. The van der Waals surface area contributed by atoms with Crippen molar-refractivity contribution in [2.24, 2.45) is 5.92 Å². The normalized spacial score (nSPS) is 14.3. The summed E-state index contributed by atoms with van der Waals surface area (Å²) in [5.41, 5.74) is 6.43. The molecule has 1 heterocycles. The van der Waals surface area contributed by atoms with Gasteiger partial charge in [0.2, 0.25) is 5.88 Å². The monoisotopic (exact) mass is 250 g/mol. The van der Waals surface area contributed by atoms with Gasteiger partial charge in [-0.1, -0.05) is 12.8 Å². The van der Waals surface area contributed by atoms with Crippen LogP contribution in [0.3, 0.4) is 0 Å². The van der Waals surface area contributed by atoms with Crippen LogP contribution in [0.5, 0.6) is 5.88 Å². The molecule has 1 aromatic rings. The number of nitrogens with two attached hydrogens (primary N) is 1. The van der Waals surface area contributed by atoms with Crippen LogP contribution in [0.25, 0.3) is 0 Å². The Kier molecular flexibility index (Phi) is 4.02. The van der Waals surface area contributed by atoms with E-state index in [2.05, 4.69) is 4.98 Å². The van der Waals surface area contributed by atoms with Gasteiger partial charge in [0.25, 0.3) is 0 Å². The average Bonchev–Trinajstić information content (AvgIpc) is 3.15. The van der Waals surface area contributed by atoms with Gasteiger partial charge in [0.15, 0.2) is 0 Å². The molecule has 0 bridgehead atoms. The number of pyridine rings is 1. The first-order valence-electron chi connectivity index (χ1n) is 6.26. The maximum Gasteiger partial charge on any atom is 0.340 e. The molecule has 0 aromatic carbocycles. The van der Waals surface area contributed by atoms with E-state index in [1.54, 1.807) is 13.0 Å². The molecule has 2 N–H and O–H groups in total. The summed E-state index contributed by atoms with van der Waals surface area (Å²) in [6, 6.07) is 1.54. The fourth-order valence-corrected chi connectivity index (χ4v) is 1.68. The molecule has 18 heavy (non-hydrogen) atoms. The Morgan fingerprint density at radius 3 is 3.00 bits per heavy atom. The number of rotatable bonds is 6. The van der Waals surface area contributed by atoms with Crippen LogP contribution in [-0.2, 0) is 4.74 Å². The van der Waals surface area contributed by atoms with Gasteiger partial charge in [0, 0.05) is 6.20 Å². The van der Waals surface area contributed by atoms with Crippen molar-refractivity contribution < 1.29 is 14.3 Å². The quantitative estimate of drug-likeness (QED) is 0.782. The number of nitrogen functional groups attached to an aromatic ring is 1. The molecular weight excluding hydrogens is 232 g/mol. The van der Waals surface area contributed by atoms with Crippen LogP contribution in [0, 0.1) is 5.92 Å². The van der Waals surface area contributed by atoms with Crippen molar-refractivity contribution in [3.05, 3.63) is 17.8 Å². The van der Waals surface area contributed by atoms with Gasteiger partial charge in [-0.2, -0.15) is 0 Å². The molecule has 5 heteroatoms. The van der Waals surface area contributed by atoms with E-state index in [0.717, 1.165) is 12.3 Å². The topological polar surface area (TPSA) is 74.4 Å². The summed E-state index contributed by atoms with van der Waals surface area (Å²) in [7, 11) is 0. The summed E-state index contributed by atoms with van der Waals surface area (Å²) in [5, 5.41) is 0. The molecule has 1 aliphatic rings. The molecule has 0 amide bonds. The molecule has 0 radical (unpaired) electrons. The van der Waals surface area contributed by atoms with Crippen LogP contribution in [0.15, 0.2) is 12.3 Å². The second-order valence-corrected chi connectivity index (χ2v) is 4.38. The zero-order valence-electron chi connectivity index (χ0n) is 10.5. The number of hydrogen-bond donors (Lipinski definition) is 1. The molecule has 5 nitrogen and oxygen atoms in total. The van der Waals surface area contributed by atoms with Gasteiger partial charge in [0.1, 0.15) is 5.69 Å². The first-order chi connectivity index (χ1) is 8.72. The molecule has 1 fully saturated rings. The van der Waals surface area contributed by atoms with Crippen LogP contribution in [0.2, 0.25) is 0 Å². The van der Waals surface area contributed by atoms with Crippen molar-refractivity contribution in [1.29, 1.82) is 0 Å². The van der Waals surface area contributed by atoms with Gasteiger partial charge < -0.3 is 15.2 Å². The van der Waals surface area contributed by atoms with Crippen LogP contribution in [0.4, 0.5) is 5.69 Å². The third-order valence-electron chi connectivity index (χ3n) is 2.91. The Hall–Kier alpha value is -1.78. The minimum atomic E-state index is -0.440. The summed E-state index contributed by atoms with van der Waals surface area (Å²) in [5.74, 6) is 0.671. The van der Waals surface area contributed by atoms with E-state index < -0.39 is 5.97 Å². The molecular formula is C13H18N2O3. The number of hydrogen-bond acceptors (Lipinski definition) is 5. The zero-order valence-corrected chi connectivity index (χ0v) is 10.5. The molecule has 1 saturated carbocycles. The first kappa shape index (κ1) is 12.7. The second-order valence-electron chi connectivity index (χ2n) is 4.38. The summed E-state index contributed by atoms with van der Waals surface area (Å²) in [6.07, 6.45) is 5.10. The van der Waals surface area contributed by atoms with Crippen molar-refractivity contribution in [2.45, 2.75) is 26.2 Å². The Bertz CT molecular complexity index is 430. The molecule has 0 unspecified atom stereocenters. The van der Waals surface area contributed by atoms with E-state index in [1.165, 1.54) is 19.0 Å². The van der Waals surface area contributed by atoms with Crippen LogP contribution in [-0.4, -0.2) is 24.2 Å². The zero-order chi connectivity index (χ0) is 13.0. The lowest BCUT2D eigenvalue weighted by Gasteiger charge is -2.10. The predicted molar refractivity (Wildman–Crippen MR) is 67.4 cm³/mol. The van der Waals surface area contributed by atoms with Gasteiger partial charge in [-0.05, 0) is 25.3 Å². The number of aromatic nitrogens is 1. The van der Waals surface area contributed by atoms with E-state index in [0.29, 0.717) is 24.7 Å². The minimum Gasteiger partial charge on any atom is -0.476 e. The molecule has 2 rings (SSSR count). The highest BCUT2D eigenvalue weighted by Crippen LogP contribution is 2.32. The lowest BCUT2D eigenvalue weighted by Crippen LogP contribution is -2.11. The fourth-order valence-electron chi connectivity index (χ4n) is 1.68. The van der Waals surface area contributed by atoms with Crippen molar-refractivity contribution in [3.8, 4) is 5.88 Å². The fraction of sp³-hybridized carbons (Fsp3) is 0.538. The molecule has 1 aliphatic carbocycles. The van der Waals surface area contributed by atoms with Crippen molar-refractivity contribution in [3.63, 3.8) is 0 Å². The Morgan fingerprint density at radius 1 is 1.56 bits per heavy atom. The molecule has 0 aliphatic heterocycles. The van der Waals surface area contributed by atoms with E-state index >= 15 is 0 Å². The Balaban J connectivity index is 2.00.